The van der Waals surface area contributed by atoms with Crippen molar-refractivity contribution in [1.82, 2.24) is 10.2 Å². The first kappa shape index (κ1) is 16.4. The summed E-state index contributed by atoms with van der Waals surface area (Å²) in [5.41, 5.74) is 0.333. The zero-order chi connectivity index (χ0) is 16.3. The summed E-state index contributed by atoms with van der Waals surface area (Å²) in [6.45, 7) is 9.18. The largest absolute Gasteiger partial charge is 0.459 e. The van der Waals surface area contributed by atoms with E-state index in [1.165, 1.54) is 6.26 Å². The van der Waals surface area contributed by atoms with E-state index < -0.39 is 5.60 Å². The Hall–Kier alpha value is -1.98. The molecule has 0 saturated carbocycles. The van der Waals surface area contributed by atoms with Gasteiger partial charge < -0.3 is 19.4 Å². The third-order valence-electron chi connectivity index (χ3n) is 3.56. The van der Waals surface area contributed by atoms with Gasteiger partial charge in [-0.05, 0) is 46.1 Å². The van der Waals surface area contributed by atoms with E-state index in [0.717, 1.165) is 12.0 Å². The molecule has 2 rings (SSSR count). The number of likely N-dealkylation sites (tertiary alicyclic amines) is 1. The number of nitrogens with zero attached hydrogens (tertiary/aromatic N) is 1. The van der Waals surface area contributed by atoms with Crippen LogP contribution in [0, 0.1) is 12.8 Å². The molecule has 0 aromatic carbocycles. The number of nitrogens with one attached hydrogen (secondary N) is 1. The van der Waals surface area contributed by atoms with Crippen LogP contribution in [0.3, 0.4) is 0 Å². The molecule has 1 aliphatic rings. The highest BCUT2D eigenvalue weighted by molar-refractivity contribution is 5.92. The first-order valence-corrected chi connectivity index (χ1v) is 7.56. The number of hydrogen-bond acceptors (Lipinski definition) is 4. The molecule has 2 heterocycles. The SMILES string of the molecule is Cc1ccoc1C(=O)NC[C@H]1CCN(C(=O)OC(C)(C)C)C1. The van der Waals surface area contributed by atoms with Crippen LogP contribution in [0.5, 0.6) is 0 Å². The number of carbonyl (C=O) groups excluding carboxylic acids is 2. The zero-order valence-electron chi connectivity index (χ0n) is 13.6. The van der Waals surface area contributed by atoms with E-state index in [1.807, 2.05) is 27.7 Å². The van der Waals surface area contributed by atoms with E-state index in [9.17, 15) is 9.59 Å². The maximum atomic E-state index is 12.0. The van der Waals surface area contributed by atoms with Gasteiger partial charge in [0.05, 0.1) is 6.26 Å². The van der Waals surface area contributed by atoms with Gasteiger partial charge in [-0.15, -0.1) is 0 Å². The van der Waals surface area contributed by atoms with Crippen LogP contribution >= 0.6 is 0 Å². The Bertz CT molecular complexity index is 545. The first-order valence-electron chi connectivity index (χ1n) is 7.56. The summed E-state index contributed by atoms with van der Waals surface area (Å²) >= 11 is 0. The Morgan fingerprint density at radius 1 is 1.45 bits per heavy atom. The highest BCUT2D eigenvalue weighted by Crippen LogP contribution is 2.19. The third-order valence-corrected chi connectivity index (χ3v) is 3.56. The lowest BCUT2D eigenvalue weighted by molar-refractivity contribution is 0.0288. The van der Waals surface area contributed by atoms with Crippen molar-refractivity contribution >= 4 is 12.0 Å². The van der Waals surface area contributed by atoms with Gasteiger partial charge in [0, 0.05) is 25.2 Å². The molecule has 0 spiro atoms. The fraction of sp³-hybridized carbons (Fsp3) is 0.625. The van der Waals surface area contributed by atoms with E-state index in [-0.39, 0.29) is 17.9 Å². The summed E-state index contributed by atoms with van der Waals surface area (Å²) in [6.07, 6.45) is 2.07. The van der Waals surface area contributed by atoms with E-state index in [0.29, 0.717) is 25.4 Å². The first-order chi connectivity index (χ1) is 10.3. The lowest BCUT2D eigenvalue weighted by Gasteiger charge is -2.24. The molecule has 1 saturated heterocycles. The number of carbonyl (C=O) groups is 2. The summed E-state index contributed by atoms with van der Waals surface area (Å²) < 4.78 is 10.5. The van der Waals surface area contributed by atoms with Crippen LogP contribution in [0.4, 0.5) is 4.79 Å². The molecule has 6 heteroatoms. The van der Waals surface area contributed by atoms with Crippen LogP contribution < -0.4 is 5.32 Å². The molecule has 1 fully saturated rings. The Morgan fingerprint density at radius 3 is 2.77 bits per heavy atom. The maximum Gasteiger partial charge on any atom is 0.410 e. The minimum Gasteiger partial charge on any atom is -0.459 e. The standard InChI is InChI=1S/C16H24N2O4/c1-11-6-8-21-13(11)14(19)17-9-12-5-7-18(10-12)15(20)22-16(2,3)4/h6,8,12H,5,7,9-10H2,1-4H3,(H,17,19)/t12-/m1/s1. The van der Waals surface area contributed by atoms with Crippen molar-refractivity contribution in [3.8, 4) is 0 Å². The van der Waals surface area contributed by atoms with Crippen molar-refractivity contribution in [2.24, 2.45) is 5.92 Å². The van der Waals surface area contributed by atoms with E-state index in [1.54, 1.807) is 11.0 Å². The van der Waals surface area contributed by atoms with Crippen LogP contribution in [0.15, 0.2) is 16.7 Å². The molecular formula is C16H24N2O4. The van der Waals surface area contributed by atoms with Crippen LogP contribution in [0.2, 0.25) is 0 Å². The van der Waals surface area contributed by atoms with Crippen molar-refractivity contribution < 1.29 is 18.7 Å². The topological polar surface area (TPSA) is 71.8 Å². The molecule has 1 aromatic rings. The van der Waals surface area contributed by atoms with Crippen LogP contribution in [0.1, 0.15) is 43.3 Å². The number of hydrogen-bond donors (Lipinski definition) is 1. The smallest absolute Gasteiger partial charge is 0.410 e. The summed E-state index contributed by atoms with van der Waals surface area (Å²) in [5.74, 6) is 0.381. The lowest BCUT2D eigenvalue weighted by atomic mass is 10.1. The van der Waals surface area contributed by atoms with E-state index >= 15 is 0 Å². The Balaban J connectivity index is 1.78. The molecule has 22 heavy (non-hydrogen) atoms. The maximum absolute atomic E-state index is 12.0. The lowest BCUT2D eigenvalue weighted by Crippen LogP contribution is -2.36. The summed E-state index contributed by atoms with van der Waals surface area (Å²) in [5, 5.41) is 2.86. The van der Waals surface area contributed by atoms with E-state index in [4.69, 9.17) is 9.15 Å². The van der Waals surface area contributed by atoms with Crippen LogP contribution in [-0.4, -0.2) is 42.1 Å². The molecule has 0 aliphatic carbocycles. The summed E-state index contributed by atoms with van der Waals surface area (Å²) in [7, 11) is 0. The summed E-state index contributed by atoms with van der Waals surface area (Å²) in [6, 6.07) is 1.76. The highest BCUT2D eigenvalue weighted by Gasteiger charge is 2.30. The van der Waals surface area contributed by atoms with Crippen molar-refractivity contribution in [3.63, 3.8) is 0 Å². The Labute approximate surface area is 130 Å². The second kappa shape index (κ2) is 6.42. The Kier molecular flexibility index (Phi) is 4.78. The molecule has 1 N–H and O–H groups in total. The minimum atomic E-state index is -0.486. The van der Waals surface area contributed by atoms with Gasteiger partial charge in [0.25, 0.3) is 5.91 Å². The second-order valence-corrected chi connectivity index (χ2v) is 6.72. The van der Waals surface area contributed by atoms with Crippen molar-refractivity contribution in [2.75, 3.05) is 19.6 Å². The Morgan fingerprint density at radius 2 is 2.18 bits per heavy atom. The quantitative estimate of drug-likeness (QED) is 0.931. The fourth-order valence-corrected chi connectivity index (χ4v) is 2.41. The summed E-state index contributed by atoms with van der Waals surface area (Å²) in [4.78, 5) is 25.6. The number of rotatable bonds is 3. The monoisotopic (exact) mass is 308 g/mol. The third kappa shape index (κ3) is 4.26. The van der Waals surface area contributed by atoms with Crippen molar-refractivity contribution in [1.29, 1.82) is 0 Å². The fourth-order valence-electron chi connectivity index (χ4n) is 2.41. The molecule has 0 bridgehead atoms. The average Bonchev–Trinajstić information content (AvgIpc) is 3.02. The minimum absolute atomic E-state index is 0.210. The molecule has 1 atom stereocenters. The van der Waals surface area contributed by atoms with Crippen molar-refractivity contribution in [2.45, 2.75) is 39.7 Å². The van der Waals surface area contributed by atoms with Gasteiger partial charge in [-0.2, -0.15) is 0 Å². The average molecular weight is 308 g/mol. The number of aryl methyl sites for hydroxylation is 1. The van der Waals surface area contributed by atoms with Crippen molar-refractivity contribution in [3.05, 3.63) is 23.7 Å². The molecule has 2 amide bonds. The second-order valence-electron chi connectivity index (χ2n) is 6.72. The number of amides is 2. The van der Waals surface area contributed by atoms with Gasteiger partial charge in [0.2, 0.25) is 0 Å². The predicted molar refractivity (Wildman–Crippen MR) is 81.7 cm³/mol. The normalized spacial score (nSPS) is 18.4. The number of furan rings is 1. The van der Waals surface area contributed by atoms with Gasteiger partial charge in [-0.1, -0.05) is 0 Å². The molecule has 122 valence electrons. The molecule has 1 aromatic heterocycles. The van der Waals surface area contributed by atoms with Crippen LogP contribution in [-0.2, 0) is 4.74 Å². The van der Waals surface area contributed by atoms with E-state index in [2.05, 4.69) is 5.32 Å². The molecule has 0 unspecified atom stereocenters. The zero-order valence-corrected chi connectivity index (χ0v) is 13.6. The van der Waals surface area contributed by atoms with Gasteiger partial charge in [0.15, 0.2) is 5.76 Å². The van der Waals surface area contributed by atoms with Gasteiger partial charge >= 0.3 is 6.09 Å². The molecule has 0 radical (unpaired) electrons. The van der Waals surface area contributed by atoms with Crippen LogP contribution in [0.25, 0.3) is 0 Å². The predicted octanol–water partition coefficient (Wildman–Crippen LogP) is 2.57. The van der Waals surface area contributed by atoms with Gasteiger partial charge in [-0.25, -0.2) is 4.79 Å². The molecule has 6 nitrogen and oxygen atoms in total. The molecular weight excluding hydrogens is 284 g/mol. The molecule has 1 aliphatic heterocycles. The van der Waals surface area contributed by atoms with Gasteiger partial charge in [-0.3, -0.25) is 4.79 Å². The highest BCUT2D eigenvalue weighted by atomic mass is 16.6. The van der Waals surface area contributed by atoms with Gasteiger partial charge in [0.1, 0.15) is 5.60 Å². The number of ether oxygens (including phenoxy) is 1.